The summed E-state index contributed by atoms with van der Waals surface area (Å²) in [4.78, 5) is 17.0. The number of nitrogens with zero attached hydrogens (tertiary/aromatic N) is 4. The Morgan fingerprint density at radius 1 is 1.10 bits per heavy atom. The highest BCUT2D eigenvalue weighted by Gasteiger charge is 2.44. The molecular formula is C35H36N4O3. The summed E-state index contributed by atoms with van der Waals surface area (Å²) < 4.78 is 18.5. The van der Waals surface area contributed by atoms with E-state index in [0.29, 0.717) is 35.9 Å². The molecule has 7 nitrogen and oxygen atoms in total. The first kappa shape index (κ1) is 26.7. The molecule has 0 spiro atoms. The number of aromatic nitrogens is 2. The van der Waals surface area contributed by atoms with Crippen LogP contribution in [0.2, 0.25) is 0 Å². The van der Waals surface area contributed by atoms with E-state index < -0.39 is 0 Å². The molecule has 4 aliphatic heterocycles. The van der Waals surface area contributed by atoms with Crippen molar-refractivity contribution in [3.63, 3.8) is 0 Å². The van der Waals surface area contributed by atoms with Crippen LogP contribution in [0.1, 0.15) is 35.8 Å². The molecule has 8 rings (SSSR count). The zero-order chi connectivity index (χ0) is 28.5. The second-order valence-electron chi connectivity index (χ2n) is 11.5. The first-order valence-electron chi connectivity index (χ1n) is 14.9. The van der Waals surface area contributed by atoms with Gasteiger partial charge in [0, 0.05) is 29.8 Å². The van der Waals surface area contributed by atoms with E-state index in [1.165, 1.54) is 12.0 Å². The number of piperidine rings is 3. The van der Waals surface area contributed by atoms with Gasteiger partial charge in [0.05, 0.1) is 24.7 Å². The molecule has 4 aliphatic rings. The number of hydrogen-bond donors (Lipinski definition) is 0. The monoisotopic (exact) mass is 560 g/mol. The minimum atomic E-state index is -0.240. The maximum atomic E-state index is 6.91. The Labute approximate surface area is 246 Å². The van der Waals surface area contributed by atoms with Crippen LogP contribution >= 0.6 is 0 Å². The van der Waals surface area contributed by atoms with Gasteiger partial charge < -0.3 is 14.2 Å². The summed E-state index contributed by atoms with van der Waals surface area (Å²) in [5, 5.41) is 1.04. The van der Waals surface area contributed by atoms with Gasteiger partial charge in [-0.15, -0.1) is 6.58 Å². The fourth-order valence-electron chi connectivity index (χ4n) is 6.84. The highest BCUT2D eigenvalue weighted by Crippen LogP contribution is 2.43. The predicted molar refractivity (Wildman–Crippen MR) is 164 cm³/mol. The molecule has 0 radical (unpaired) electrons. The Morgan fingerprint density at radius 2 is 2.00 bits per heavy atom. The van der Waals surface area contributed by atoms with Crippen molar-refractivity contribution in [2.45, 2.75) is 37.5 Å². The molecule has 0 amide bonds. The van der Waals surface area contributed by atoms with Crippen LogP contribution < -0.4 is 9.47 Å². The van der Waals surface area contributed by atoms with Gasteiger partial charge in [-0.2, -0.15) is 0 Å². The van der Waals surface area contributed by atoms with Crippen molar-refractivity contribution in [1.29, 1.82) is 0 Å². The molecule has 2 aromatic carbocycles. The zero-order valence-electron chi connectivity index (χ0n) is 23.9. The first-order chi connectivity index (χ1) is 20.7. The predicted octanol–water partition coefficient (Wildman–Crippen LogP) is 6.04. The summed E-state index contributed by atoms with van der Waals surface area (Å²) in [6.45, 7) is 6.74. The molecule has 2 bridgehead atoms. The zero-order valence-corrected chi connectivity index (χ0v) is 23.9. The van der Waals surface area contributed by atoms with Crippen molar-refractivity contribution in [3.8, 4) is 11.6 Å². The van der Waals surface area contributed by atoms with Gasteiger partial charge in [-0.1, -0.05) is 42.5 Å². The summed E-state index contributed by atoms with van der Waals surface area (Å²) in [6, 6.07) is 24.6. The minimum absolute atomic E-state index is 0.0723. The lowest BCUT2D eigenvalue weighted by Gasteiger charge is -2.51. The molecule has 42 heavy (non-hydrogen) atoms. The highest BCUT2D eigenvalue weighted by atomic mass is 16.5. The van der Waals surface area contributed by atoms with E-state index in [4.69, 9.17) is 24.2 Å². The lowest BCUT2D eigenvalue weighted by molar-refractivity contribution is -0.0368. The van der Waals surface area contributed by atoms with Crippen LogP contribution in [0.15, 0.2) is 96.6 Å². The molecule has 2 unspecified atom stereocenters. The van der Waals surface area contributed by atoms with Crippen LogP contribution in [0.5, 0.6) is 11.6 Å². The topological polar surface area (TPSA) is 69.1 Å². The fraction of sp³-hybridized carbons (Fsp3) is 0.343. The molecule has 6 heterocycles. The van der Waals surface area contributed by atoms with Gasteiger partial charge in [0.2, 0.25) is 11.8 Å². The van der Waals surface area contributed by atoms with Crippen LogP contribution in [0, 0.1) is 11.8 Å². The molecule has 214 valence electrons. The van der Waals surface area contributed by atoms with Crippen molar-refractivity contribution < 1.29 is 14.2 Å². The van der Waals surface area contributed by atoms with Gasteiger partial charge in [-0.25, -0.2) is 9.98 Å². The second kappa shape index (κ2) is 11.6. The summed E-state index contributed by atoms with van der Waals surface area (Å²) >= 11 is 0. The van der Waals surface area contributed by atoms with Crippen LogP contribution in [-0.2, 0) is 11.2 Å². The van der Waals surface area contributed by atoms with Crippen molar-refractivity contribution in [2.24, 2.45) is 16.8 Å². The van der Waals surface area contributed by atoms with Crippen LogP contribution in [-0.4, -0.2) is 59.7 Å². The number of benzene rings is 2. The third kappa shape index (κ3) is 5.25. The van der Waals surface area contributed by atoms with Crippen molar-refractivity contribution in [1.82, 2.24) is 14.9 Å². The normalized spacial score (nSPS) is 25.5. The lowest BCUT2D eigenvalue weighted by atomic mass is 9.73. The molecule has 2 aromatic heterocycles. The van der Waals surface area contributed by atoms with Crippen molar-refractivity contribution in [2.75, 3.05) is 26.8 Å². The largest absolute Gasteiger partial charge is 0.497 e. The summed E-state index contributed by atoms with van der Waals surface area (Å²) in [6.07, 6.45) is 6.85. The number of methoxy groups -OCH3 is 1. The minimum Gasteiger partial charge on any atom is -0.497 e. The highest BCUT2D eigenvalue weighted by molar-refractivity contribution is 5.93. The molecule has 0 aliphatic carbocycles. The standard InChI is InChI=1S/C35H36N4O3/c1-3-24-21-39-17-15-25(24)19-32(39)34(28-14-16-36-30-13-12-27(40-2)20-29(28)30)42-33-11-7-10-31(38-33)35-37-26(22-41-35)18-23-8-5-4-6-9-23/h3-14,16,20,24-26,32,34H,1,15,17-19,21-22H2,2H3/t24-,25-,26+,32?,34+/m0/s1. The maximum absolute atomic E-state index is 6.91. The molecular weight excluding hydrogens is 524 g/mol. The molecule has 3 saturated heterocycles. The van der Waals surface area contributed by atoms with E-state index in [1.54, 1.807) is 7.11 Å². The molecule has 0 saturated carbocycles. The molecule has 0 N–H and O–H groups in total. The maximum Gasteiger partial charge on any atom is 0.235 e. The third-order valence-electron chi connectivity index (χ3n) is 9.01. The fourth-order valence-corrected chi connectivity index (χ4v) is 6.84. The van der Waals surface area contributed by atoms with Crippen molar-refractivity contribution in [3.05, 3.63) is 108 Å². The number of aliphatic imine (C=N–C) groups is 1. The molecule has 6 atom stereocenters. The quantitative estimate of drug-likeness (QED) is 0.233. The van der Waals surface area contributed by atoms with Gasteiger partial charge in [0.15, 0.2) is 0 Å². The van der Waals surface area contributed by atoms with E-state index in [2.05, 4.69) is 58.9 Å². The Kier molecular flexibility index (Phi) is 7.34. The molecule has 3 fully saturated rings. The Morgan fingerprint density at radius 3 is 2.81 bits per heavy atom. The number of hydrogen-bond acceptors (Lipinski definition) is 7. The van der Waals surface area contributed by atoms with E-state index in [-0.39, 0.29) is 18.2 Å². The van der Waals surface area contributed by atoms with E-state index in [9.17, 15) is 0 Å². The Hall–Kier alpha value is -4.23. The SMILES string of the molecule is C=C[C@H]1CN2CC[C@H]1CC2[C@H](Oc1cccc(C2=N[C@H](Cc3ccccc3)CO2)n1)c1ccnc2ccc(OC)cc12. The summed E-state index contributed by atoms with van der Waals surface area (Å²) in [7, 11) is 1.69. The smallest absolute Gasteiger partial charge is 0.235 e. The number of fused-ring (bicyclic) bond motifs is 4. The number of ether oxygens (including phenoxy) is 3. The molecule has 7 heteroatoms. The van der Waals surface area contributed by atoms with Crippen molar-refractivity contribution >= 4 is 16.8 Å². The van der Waals surface area contributed by atoms with Gasteiger partial charge in [-0.3, -0.25) is 9.88 Å². The lowest BCUT2D eigenvalue weighted by Crippen LogP contribution is -2.55. The van der Waals surface area contributed by atoms with Gasteiger partial charge in [-0.05, 0) is 73.5 Å². The van der Waals surface area contributed by atoms with E-state index in [0.717, 1.165) is 48.1 Å². The Balaban J connectivity index is 1.21. The molecule has 4 aromatic rings. The van der Waals surface area contributed by atoms with Crippen LogP contribution in [0.25, 0.3) is 10.9 Å². The number of rotatable bonds is 9. The first-order valence-corrected chi connectivity index (χ1v) is 14.9. The van der Waals surface area contributed by atoms with Crippen LogP contribution in [0.3, 0.4) is 0 Å². The van der Waals surface area contributed by atoms with E-state index in [1.807, 2.05) is 42.6 Å². The third-order valence-corrected chi connectivity index (χ3v) is 9.01. The summed E-state index contributed by atoms with van der Waals surface area (Å²) in [5.74, 6) is 3.06. The number of pyridine rings is 2. The second-order valence-corrected chi connectivity index (χ2v) is 11.5. The van der Waals surface area contributed by atoms with E-state index >= 15 is 0 Å². The van der Waals surface area contributed by atoms with Gasteiger partial charge in [0.25, 0.3) is 0 Å². The van der Waals surface area contributed by atoms with Gasteiger partial charge >= 0.3 is 0 Å². The summed E-state index contributed by atoms with van der Waals surface area (Å²) in [5.41, 5.74) is 3.96. The Bertz CT molecular complexity index is 1610. The van der Waals surface area contributed by atoms with Crippen LogP contribution in [0.4, 0.5) is 0 Å². The van der Waals surface area contributed by atoms with Gasteiger partial charge in [0.1, 0.15) is 24.2 Å². The average Bonchev–Trinajstić information content (AvgIpc) is 3.52. The average molecular weight is 561 g/mol.